The van der Waals surface area contributed by atoms with Crippen LogP contribution in [0.2, 0.25) is 0 Å². The molecule has 0 amide bonds. The Balaban J connectivity index is 1.66. The van der Waals surface area contributed by atoms with Gasteiger partial charge in [-0.25, -0.2) is 0 Å². The van der Waals surface area contributed by atoms with Crippen LogP contribution in [-0.2, 0) is 0 Å². The molecule has 0 aromatic heterocycles. The van der Waals surface area contributed by atoms with Gasteiger partial charge in [-0.05, 0) is 52.9 Å². The van der Waals surface area contributed by atoms with Crippen LogP contribution in [0.3, 0.4) is 0 Å². The molecule has 106 valence electrons. The Hall–Kier alpha value is -0.160. The van der Waals surface area contributed by atoms with Crippen LogP contribution < -0.4 is 10.6 Å². The number of nitrogens with zero attached hydrogens (tertiary/aromatic N) is 2. The van der Waals surface area contributed by atoms with E-state index >= 15 is 0 Å². The second kappa shape index (κ2) is 7.43. The van der Waals surface area contributed by atoms with E-state index in [9.17, 15) is 0 Å². The van der Waals surface area contributed by atoms with Crippen molar-refractivity contribution < 1.29 is 0 Å². The van der Waals surface area contributed by atoms with Crippen LogP contribution in [0.15, 0.2) is 0 Å². The summed E-state index contributed by atoms with van der Waals surface area (Å²) in [5.74, 6) is 0. The quantitative estimate of drug-likeness (QED) is 0.741. The average molecular weight is 254 g/mol. The Labute approximate surface area is 112 Å². The molecule has 18 heavy (non-hydrogen) atoms. The van der Waals surface area contributed by atoms with E-state index < -0.39 is 0 Å². The van der Waals surface area contributed by atoms with Crippen molar-refractivity contribution in [1.29, 1.82) is 0 Å². The van der Waals surface area contributed by atoms with Gasteiger partial charge in [0.05, 0.1) is 0 Å². The van der Waals surface area contributed by atoms with Gasteiger partial charge in [-0.3, -0.25) is 4.90 Å². The van der Waals surface area contributed by atoms with Crippen LogP contribution in [0.1, 0.15) is 26.2 Å². The summed E-state index contributed by atoms with van der Waals surface area (Å²) >= 11 is 0. The fourth-order valence-corrected chi connectivity index (χ4v) is 3.13. The van der Waals surface area contributed by atoms with E-state index in [1.165, 1.54) is 52.0 Å². The molecule has 2 rings (SSSR count). The summed E-state index contributed by atoms with van der Waals surface area (Å²) in [4.78, 5) is 5.21. The lowest BCUT2D eigenvalue weighted by atomic mass is 10.0. The first-order chi connectivity index (χ1) is 8.77. The van der Waals surface area contributed by atoms with Crippen LogP contribution in [0.25, 0.3) is 0 Å². The van der Waals surface area contributed by atoms with Crippen LogP contribution in [-0.4, -0.2) is 74.7 Å². The van der Waals surface area contributed by atoms with Crippen molar-refractivity contribution >= 4 is 0 Å². The highest BCUT2D eigenvalue weighted by Crippen LogP contribution is 2.12. The maximum atomic E-state index is 3.44. The van der Waals surface area contributed by atoms with Crippen molar-refractivity contribution in [3.8, 4) is 0 Å². The fraction of sp³-hybridized carbons (Fsp3) is 1.00. The van der Waals surface area contributed by atoms with Gasteiger partial charge in [-0.1, -0.05) is 0 Å². The maximum absolute atomic E-state index is 3.44. The molecular formula is C14H30N4. The van der Waals surface area contributed by atoms with Gasteiger partial charge >= 0.3 is 0 Å². The number of hydrogen-bond acceptors (Lipinski definition) is 4. The molecule has 0 aromatic carbocycles. The number of piperazine rings is 1. The highest BCUT2D eigenvalue weighted by molar-refractivity contribution is 4.78. The third-order valence-electron chi connectivity index (χ3n) is 4.61. The Morgan fingerprint density at radius 1 is 1.11 bits per heavy atom. The molecule has 2 aliphatic rings. The highest BCUT2D eigenvalue weighted by atomic mass is 15.2. The van der Waals surface area contributed by atoms with Gasteiger partial charge < -0.3 is 15.5 Å². The van der Waals surface area contributed by atoms with E-state index in [1.54, 1.807) is 0 Å². The van der Waals surface area contributed by atoms with Gasteiger partial charge in [0.2, 0.25) is 0 Å². The third kappa shape index (κ3) is 4.19. The molecule has 0 spiro atoms. The molecule has 0 bridgehead atoms. The van der Waals surface area contributed by atoms with Gasteiger partial charge in [0.25, 0.3) is 0 Å². The van der Waals surface area contributed by atoms with Crippen LogP contribution in [0, 0.1) is 0 Å². The summed E-state index contributed by atoms with van der Waals surface area (Å²) in [6.07, 6.45) is 3.94. The van der Waals surface area contributed by atoms with Crippen molar-refractivity contribution in [2.24, 2.45) is 0 Å². The van der Waals surface area contributed by atoms with Gasteiger partial charge in [0.1, 0.15) is 0 Å². The van der Waals surface area contributed by atoms with E-state index in [1.807, 2.05) is 0 Å². The molecule has 0 aliphatic carbocycles. The van der Waals surface area contributed by atoms with Gasteiger partial charge in [0.15, 0.2) is 0 Å². The lowest BCUT2D eigenvalue weighted by Crippen LogP contribution is -2.48. The molecule has 4 heteroatoms. The first-order valence-corrected chi connectivity index (χ1v) is 7.63. The largest absolute Gasteiger partial charge is 0.317 e. The summed E-state index contributed by atoms with van der Waals surface area (Å²) in [5, 5.41) is 6.87. The van der Waals surface area contributed by atoms with Crippen molar-refractivity contribution in [3.63, 3.8) is 0 Å². The molecule has 2 aliphatic heterocycles. The second-order valence-corrected chi connectivity index (χ2v) is 5.89. The summed E-state index contributed by atoms with van der Waals surface area (Å²) in [7, 11) is 2.31. The minimum Gasteiger partial charge on any atom is -0.317 e. The van der Waals surface area contributed by atoms with Crippen molar-refractivity contribution in [1.82, 2.24) is 20.4 Å². The van der Waals surface area contributed by atoms with E-state index in [-0.39, 0.29) is 0 Å². The van der Waals surface area contributed by atoms with Crippen molar-refractivity contribution in [2.45, 2.75) is 38.3 Å². The minimum absolute atomic E-state index is 0.733. The SMILES string of the molecule is CC(CCN(C)C1CCNCC1)N1CCNCC1. The lowest BCUT2D eigenvalue weighted by molar-refractivity contribution is 0.142. The summed E-state index contributed by atoms with van der Waals surface area (Å²) < 4.78 is 0. The predicted octanol–water partition coefficient (Wildman–Crippen LogP) is 0.354. The van der Waals surface area contributed by atoms with Gasteiger partial charge in [-0.2, -0.15) is 0 Å². The van der Waals surface area contributed by atoms with E-state index in [4.69, 9.17) is 0 Å². The molecule has 0 aromatic rings. The Morgan fingerprint density at radius 2 is 1.72 bits per heavy atom. The molecule has 2 heterocycles. The van der Waals surface area contributed by atoms with Crippen LogP contribution in [0.4, 0.5) is 0 Å². The summed E-state index contributed by atoms with van der Waals surface area (Å²) in [6.45, 7) is 10.8. The lowest BCUT2D eigenvalue weighted by Gasteiger charge is -2.36. The number of hydrogen-bond donors (Lipinski definition) is 2. The normalized spacial score (nSPS) is 25.5. The first kappa shape index (κ1) is 14.3. The second-order valence-electron chi connectivity index (χ2n) is 5.89. The average Bonchev–Trinajstić information content (AvgIpc) is 2.46. The summed E-state index contributed by atoms with van der Waals surface area (Å²) in [5.41, 5.74) is 0. The molecule has 1 unspecified atom stereocenters. The highest BCUT2D eigenvalue weighted by Gasteiger charge is 2.20. The zero-order valence-corrected chi connectivity index (χ0v) is 12.1. The van der Waals surface area contributed by atoms with Gasteiger partial charge in [-0.15, -0.1) is 0 Å². The Bertz CT molecular complexity index is 198. The third-order valence-corrected chi connectivity index (χ3v) is 4.61. The molecule has 2 N–H and O–H groups in total. The van der Waals surface area contributed by atoms with Crippen molar-refractivity contribution in [3.05, 3.63) is 0 Å². The Kier molecular flexibility index (Phi) is 5.89. The van der Waals surface area contributed by atoms with Gasteiger partial charge in [0, 0.05) is 38.3 Å². The number of rotatable bonds is 5. The van der Waals surface area contributed by atoms with Crippen LogP contribution in [0.5, 0.6) is 0 Å². The topological polar surface area (TPSA) is 30.5 Å². The molecule has 0 saturated carbocycles. The first-order valence-electron chi connectivity index (χ1n) is 7.63. The van der Waals surface area contributed by atoms with E-state index in [0.29, 0.717) is 0 Å². The molecule has 2 saturated heterocycles. The zero-order valence-electron chi connectivity index (χ0n) is 12.1. The van der Waals surface area contributed by atoms with Crippen LogP contribution >= 0.6 is 0 Å². The van der Waals surface area contributed by atoms with E-state index in [2.05, 4.69) is 34.4 Å². The molecule has 1 atom stereocenters. The van der Waals surface area contributed by atoms with E-state index in [0.717, 1.165) is 25.2 Å². The number of piperidine rings is 1. The molecule has 0 radical (unpaired) electrons. The number of nitrogens with one attached hydrogen (secondary N) is 2. The molecule has 2 fully saturated rings. The molecular weight excluding hydrogens is 224 g/mol. The predicted molar refractivity (Wildman–Crippen MR) is 77.0 cm³/mol. The zero-order chi connectivity index (χ0) is 12.8. The monoisotopic (exact) mass is 254 g/mol. The fourth-order valence-electron chi connectivity index (χ4n) is 3.13. The Morgan fingerprint density at radius 3 is 2.39 bits per heavy atom. The standard InChI is InChI=1S/C14H30N4/c1-13(18-11-8-16-9-12-18)5-10-17(2)14-3-6-15-7-4-14/h13-16H,3-12H2,1-2H3. The molecule has 4 nitrogen and oxygen atoms in total. The minimum atomic E-state index is 0.733. The smallest absolute Gasteiger partial charge is 0.0116 e. The maximum Gasteiger partial charge on any atom is 0.0116 e. The van der Waals surface area contributed by atoms with Crippen molar-refractivity contribution in [2.75, 3.05) is 52.9 Å². The summed E-state index contributed by atoms with van der Waals surface area (Å²) in [6, 6.07) is 1.54.